The maximum atomic E-state index is 9.60. The summed E-state index contributed by atoms with van der Waals surface area (Å²) in [6, 6.07) is 6.64. The van der Waals surface area contributed by atoms with E-state index >= 15 is 0 Å². The lowest BCUT2D eigenvalue weighted by Crippen LogP contribution is -2.10. The van der Waals surface area contributed by atoms with E-state index in [1.165, 1.54) is 10.5 Å². The molecule has 0 saturated heterocycles. The van der Waals surface area contributed by atoms with E-state index in [0.29, 0.717) is 11.2 Å². The van der Waals surface area contributed by atoms with Crippen LogP contribution in [0.2, 0.25) is 0 Å². The van der Waals surface area contributed by atoms with Gasteiger partial charge in [0.2, 0.25) is 0 Å². The summed E-state index contributed by atoms with van der Waals surface area (Å²) in [6.07, 6.45) is 4.02. The van der Waals surface area contributed by atoms with Crippen LogP contribution >= 0.6 is 10.5 Å². The molecular weight excluding hydrogens is 390 g/mol. The zero-order valence-corrected chi connectivity index (χ0v) is 20.6. The summed E-state index contributed by atoms with van der Waals surface area (Å²) in [5, 5.41) is 15.7. The fraction of sp³-hybridized carbons (Fsp3) is 0.560. The summed E-state index contributed by atoms with van der Waals surface area (Å²) in [4.78, 5) is 11.3. The number of aliphatic hydroxyl groups is 1. The molecule has 0 aliphatic rings. The smallest absolute Gasteiger partial charge is 0.135 e. The molecule has 0 radical (unpaired) electrons. The van der Waals surface area contributed by atoms with E-state index in [9.17, 15) is 5.11 Å². The van der Waals surface area contributed by atoms with Crippen molar-refractivity contribution < 1.29 is 5.11 Å². The number of hydrogen-bond acceptors (Lipinski definition) is 4. The fourth-order valence-corrected chi connectivity index (χ4v) is 6.42. The predicted octanol–water partition coefficient (Wildman–Crippen LogP) is 6.18. The molecule has 0 fully saturated rings. The summed E-state index contributed by atoms with van der Waals surface area (Å²) < 4.78 is 0. The molecule has 0 spiro atoms. The van der Waals surface area contributed by atoms with Crippen molar-refractivity contribution in [2.75, 3.05) is 19.0 Å². The van der Waals surface area contributed by atoms with Crippen LogP contribution in [-0.2, 0) is 6.42 Å². The fourth-order valence-electron chi connectivity index (χ4n) is 3.91. The third-order valence-electron chi connectivity index (χ3n) is 5.56. The van der Waals surface area contributed by atoms with Gasteiger partial charge in [0.25, 0.3) is 0 Å². The Bertz CT molecular complexity index is 871. The normalized spacial score (nSPS) is 13.6. The maximum Gasteiger partial charge on any atom is 0.135 e. The number of rotatable bonds is 10. The maximum absolute atomic E-state index is 9.60. The van der Waals surface area contributed by atoms with Crippen LogP contribution in [0, 0.1) is 6.92 Å². The average Bonchev–Trinajstić information content (AvgIpc) is 2.74. The van der Waals surface area contributed by atoms with Crippen LogP contribution in [0.15, 0.2) is 23.1 Å². The number of pyridine rings is 2. The van der Waals surface area contributed by atoms with Crippen molar-refractivity contribution in [2.24, 2.45) is 0 Å². The van der Waals surface area contributed by atoms with E-state index in [0.717, 1.165) is 54.1 Å². The molecule has 0 amide bonds. The minimum absolute atomic E-state index is 0.0162. The molecule has 2 heterocycles. The summed E-state index contributed by atoms with van der Waals surface area (Å²) >= 11 is 0. The topological polar surface area (TPSA) is 58.0 Å². The molecular formula is C25H39N3OS. The lowest BCUT2D eigenvalue weighted by molar-refractivity contribution is 0.285. The summed E-state index contributed by atoms with van der Waals surface area (Å²) in [5.74, 6) is 1.28. The van der Waals surface area contributed by atoms with Gasteiger partial charge in [-0.05, 0) is 62.8 Å². The van der Waals surface area contributed by atoms with Crippen molar-refractivity contribution in [3.05, 3.63) is 35.2 Å². The van der Waals surface area contributed by atoms with Crippen LogP contribution in [0.1, 0.15) is 76.8 Å². The van der Waals surface area contributed by atoms with Gasteiger partial charge in [0.05, 0.1) is 11.4 Å². The highest BCUT2D eigenvalue weighted by Crippen LogP contribution is 2.40. The van der Waals surface area contributed by atoms with Crippen LogP contribution in [-0.4, -0.2) is 39.3 Å². The monoisotopic (exact) mass is 429 g/mol. The summed E-state index contributed by atoms with van der Waals surface area (Å²) in [5.41, 5.74) is 5.51. The van der Waals surface area contributed by atoms with E-state index < -0.39 is 0 Å². The Balaban J connectivity index is 2.60. The van der Waals surface area contributed by atoms with E-state index in [1.807, 2.05) is 7.05 Å². The Hall–Kier alpha value is -1.72. The lowest BCUT2D eigenvalue weighted by atomic mass is 10.0. The molecule has 2 aromatic rings. The first-order valence-corrected chi connectivity index (χ1v) is 12.6. The first kappa shape index (κ1) is 24.5. The minimum atomic E-state index is -0.0162. The Morgan fingerprint density at radius 2 is 1.90 bits per heavy atom. The Morgan fingerprint density at radius 3 is 2.43 bits per heavy atom. The third-order valence-corrected chi connectivity index (χ3v) is 8.17. The van der Waals surface area contributed by atoms with Crippen molar-refractivity contribution >= 4 is 21.7 Å². The van der Waals surface area contributed by atoms with Gasteiger partial charge in [-0.3, -0.25) is 4.98 Å². The zero-order valence-electron chi connectivity index (χ0n) is 19.7. The first-order valence-electron chi connectivity index (χ1n) is 11.2. The Morgan fingerprint density at radius 1 is 1.17 bits per heavy atom. The second kappa shape index (κ2) is 11.6. The van der Waals surface area contributed by atoms with Gasteiger partial charge in [-0.15, -0.1) is 0 Å². The van der Waals surface area contributed by atoms with Crippen LogP contribution in [0.25, 0.3) is 11.3 Å². The number of nitrogens with zero attached hydrogens (tertiary/aromatic N) is 2. The second-order valence-corrected chi connectivity index (χ2v) is 10.3. The largest absolute Gasteiger partial charge is 0.396 e. The molecule has 2 unspecified atom stereocenters. The van der Waals surface area contributed by atoms with E-state index in [-0.39, 0.29) is 17.1 Å². The van der Waals surface area contributed by atoms with Crippen molar-refractivity contribution in [1.82, 2.24) is 9.97 Å². The highest BCUT2D eigenvalue weighted by molar-refractivity contribution is 8.15. The van der Waals surface area contributed by atoms with Gasteiger partial charge in [-0.2, -0.15) is 10.5 Å². The molecule has 0 saturated carbocycles. The van der Waals surface area contributed by atoms with Crippen molar-refractivity contribution in [1.29, 1.82) is 0 Å². The SMILES string of the molecule is C/C=S(\c1cc(CC)c(-c2ccc(C(C)C)nc2NC)nc1C)C(CCC)CCO. The first-order chi connectivity index (χ1) is 14.4. The average molecular weight is 430 g/mol. The molecule has 0 bridgehead atoms. The van der Waals surface area contributed by atoms with Crippen LogP contribution in [0.3, 0.4) is 0 Å². The molecule has 166 valence electrons. The van der Waals surface area contributed by atoms with E-state index in [1.54, 1.807) is 0 Å². The van der Waals surface area contributed by atoms with Gasteiger partial charge in [0.15, 0.2) is 0 Å². The number of anilines is 1. The van der Waals surface area contributed by atoms with Crippen molar-refractivity contribution in [3.63, 3.8) is 0 Å². The highest BCUT2D eigenvalue weighted by atomic mass is 32.2. The molecule has 0 aromatic carbocycles. The Kier molecular flexibility index (Phi) is 9.50. The van der Waals surface area contributed by atoms with Crippen molar-refractivity contribution in [2.45, 2.75) is 83.3 Å². The standard InChI is InChI=1S/C25H39N3OS/c1-8-11-20(14-15-29)30(10-3)23-16-19(9-2)24(27-18(23)6)21-12-13-22(17(4)5)28-25(21)26-7/h10,12-13,16-17,20,29H,8-9,11,14-15H2,1-7H3,(H,26,28). The zero-order chi connectivity index (χ0) is 22.3. The second-order valence-electron chi connectivity index (χ2n) is 8.00. The van der Waals surface area contributed by atoms with E-state index in [2.05, 4.69) is 70.4 Å². The summed E-state index contributed by atoms with van der Waals surface area (Å²) in [7, 11) is 1.91. The molecule has 2 aromatic heterocycles. The lowest BCUT2D eigenvalue weighted by Gasteiger charge is -2.24. The van der Waals surface area contributed by atoms with Gasteiger partial charge >= 0.3 is 0 Å². The van der Waals surface area contributed by atoms with Gasteiger partial charge in [-0.25, -0.2) is 4.98 Å². The van der Waals surface area contributed by atoms with Gasteiger partial charge < -0.3 is 10.4 Å². The molecule has 30 heavy (non-hydrogen) atoms. The third kappa shape index (κ3) is 5.50. The van der Waals surface area contributed by atoms with Crippen molar-refractivity contribution in [3.8, 4) is 11.3 Å². The molecule has 2 N–H and O–H groups in total. The highest BCUT2D eigenvalue weighted by Gasteiger charge is 2.20. The van der Waals surface area contributed by atoms with E-state index in [4.69, 9.17) is 9.97 Å². The minimum Gasteiger partial charge on any atom is -0.396 e. The van der Waals surface area contributed by atoms with Gasteiger partial charge in [-0.1, -0.05) is 39.5 Å². The molecule has 2 rings (SSSR count). The number of hydrogen-bond donors (Lipinski definition) is 2. The van der Waals surface area contributed by atoms with Gasteiger partial charge in [0, 0.05) is 35.1 Å². The molecule has 0 aliphatic carbocycles. The van der Waals surface area contributed by atoms with Crippen LogP contribution in [0.5, 0.6) is 0 Å². The molecule has 2 atom stereocenters. The summed E-state index contributed by atoms with van der Waals surface area (Å²) in [6.45, 7) is 13.3. The quantitative estimate of drug-likeness (QED) is 0.443. The number of aliphatic hydroxyl groups excluding tert-OH is 1. The van der Waals surface area contributed by atoms with Gasteiger partial charge in [0.1, 0.15) is 5.82 Å². The number of aryl methyl sites for hydroxylation is 2. The predicted molar refractivity (Wildman–Crippen MR) is 133 cm³/mol. The van der Waals surface area contributed by atoms with Crippen LogP contribution < -0.4 is 5.32 Å². The molecule has 5 heteroatoms. The molecule has 4 nitrogen and oxygen atoms in total. The number of nitrogens with one attached hydrogen (secondary N) is 1. The molecule has 0 aliphatic heterocycles. The number of aromatic nitrogens is 2. The Labute approximate surface area is 185 Å². The van der Waals surface area contributed by atoms with Crippen LogP contribution in [0.4, 0.5) is 5.82 Å².